The average Bonchev–Trinajstić information content (AvgIpc) is 2.46. The van der Waals surface area contributed by atoms with E-state index >= 15 is 0 Å². The molecule has 1 aliphatic rings. The largest absolute Gasteiger partial charge is 0.251 e. The number of alkyl halides is 1. The summed E-state index contributed by atoms with van der Waals surface area (Å²) in [6, 6.07) is 0. The van der Waals surface area contributed by atoms with E-state index in [4.69, 9.17) is 0 Å². The van der Waals surface area contributed by atoms with E-state index in [0.29, 0.717) is 11.3 Å². The second-order valence-corrected chi connectivity index (χ2v) is 3.39. The Hall–Kier alpha value is -0.0700. The predicted molar refractivity (Wildman–Crippen MR) is 37.1 cm³/mol. The summed E-state index contributed by atoms with van der Waals surface area (Å²) in [4.78, 5) is 0. The van der Waals surface area contributed by atoms with Gasteiger partial charge in [-0.15, -0.1) is 0 Å². The zero-order valence-electron chi connectivity index (χ0n) is 6.28. The molecule has 9 heavy (non-hydrogen) atoms. The first-order valence-corrected chi connectivity index (χ1v) is 3.79. The molecular formula is C8H15F. The van der Waals surface area contributed by atoms with Gasteiger partial charge in [0, 0.05) is 0 Å². The van der Waals surface area contributed by atoms with Crippen molar-refractivity contribution in [2.45, 2.75) is 33.1 Å². The molecule has 0 saturated heterocycles. The molecule has 0 nitrogen and oxygen atoms in total. The van der Waals surface area contributed by atoms with Crippen molar-refractivity contribution in [3.63, 3.8) is 0 Å². The molecule has 0 heterocycles. The minimum absolute atomic E-state index is 0.125. The monoisotopic (exact) mass is 130 g/mol. The van der Waals surface area contributed by atoms with E-state index in [-0.39, 0.29) is 6.67 Å². The maximum absolute atomic E-state index is 11.8. The Labute approximate surface area is 56.5 Å². The van der Waals surface area contributed by atoms with Gasteiger partial charge in [0.15, 0.2) is 0 Å². The Morgan fingerprint density at radius 1 is 1.67 bits per heavy atom. The van der Waals surface area contributed by atoms with Gasteiger partial charge in [-0.25, -0.2) is 0 Å². The minimum atomic E-state index is -0.125. The third kappa shape index (κ3) is 1.25. The van der Waals surface area contributed by atoms with E-state index in [2.05, 4.69) is 13.8 Å². The molecule has 0 aromatic heterocycles. The molecule has 0 amide bonds. The van der Waals surface area contributed by atoms with E-state index < -0.39 is 0 Å². The van der Waals surface area contributed by atoms with Gasteiger partial charge in [-0.1, -0.05) is 20.3 Å². The molecule has 0 aliphatic heterocycles. The minimum Gasteiger partial charge on any atom is -0.251 e. The second kappa shape index (κ2) is 2.28. The first kappa shape index (κ1) is 7.04. The highest BCUT2D eigenvalue weighted by atomic mass is 19.1. The molecular weight excluding hydrogens is 115 g/mol. The fraction of sp³-hybridized carbons (Fsp3) is 1.00. The maximum Gasteiger partial charge on any atom is 0.0897 e. The van der Waals surface area contributed by atoms with Crippen molar-refractivity contribution in [3.05, 3.63) is 0 Å². The Balaban J connectivity index is 2.22. The van der Waals surface area contributed by atoms with Crippen molar-refractivity contribution in [1.82, 2.24) is 0 Å². The molecule has 1 fully saturated rings. The van der Waals surface area contributed by atoms with Crippen LogP contribution in [-0.4, -0.2) is 6.67 Å². The van der Waals surface area contributed by atoms with Gasteiger partial charge in [-0.2, -0.15) is 0 Å². The highest BCUT2D eigenvalue weighted by molar-refractivity contribution is 4.97. The fourth-order valence-electron chi connectivity index (χ4n) is 1.52. The van der Waals surface area contributed by atoms with E-state index in [1.165, 1.54) is 12.8 Å². The first-order valence-electron chi connectivity index (χ1n) is 3.79. The lowest BCUT2D eigenvalue weighted by Gasteiger charge is -2.03. The van der Waals surface area contributed by atoms with Gasteiger partial charge in [-0.05, 0) is 24.2 Å². The number of hydrogen-bond donors (Lipinski definition) is 0. The molecule has 0 aromatic carbocycles. The second-order valence-electron chi connectivity index (χ2n) is 3.39. The van der Waals surface area contributed by atoms with Gasteiger partial charge in [0.2, 0.25) is 0 Å². The lowest BCUT2D eigenvalue weighted by Crippen LogP contribution is -1.95. The predicted octanol–water partition coefficient (Wildman–Crippen LogP) is 2.78. The quantitative estimate of drug-likeness (QED) is 0.551. The molecule has 0 bridgehead atoms. The summed E-state index contributed by atoms with van der Waals surface area (Å²) in [6.07, 6.45) is 3.27. The lowest BCUT2D eigenvalue weighted by molar-refractivity contribution is 0.402. The average molecular weight is 130 g/mol. The smallest absolute Gasteiger partial charge is 0.0897 e. The van der Waals surface area contributed by atoms with Crippen molar-refractivity contribution >= 4 is 0 Å². The summed E-state index contributed by atoms with van der Waals surface area (Å²) in [5, 5.41) is 0. The van der Waals surface area contributed by atoms with Crippen molar-refractivity contribution in [2.24, 2.45) is 11.3 Å². The number of hydrogen-bond acceptors (Lipinski definition) is 0. The zero-order chi connectivity index (χ0) is 6.91. The van der Waals surface area contributed by atoms with Gasteiger partial charge >= 0.3 is 0 Å². The van der Waals surface area contributed by atoms with Crippen LogP contribution in [0, 0.1) is 11.3 Å². The van der Waals surface area contributed by atoms with Gasteiger partial charge in [0.25, 0.3) is 0 Å². The summed E-state index contributed by atoms with van der Waals surface area (Å²) >= 11 is 0. The Morgan fingerprint density at radius 3 is 2.67 bits per heavy atom. The highest BCUT2D eigenvalue weighted by Crippen LogP contribution is 2.56. The highest BCUT2D eigenvalue weighted by Gasteiger charge is 2.47. The van der Waals surface area contributed by atoms with Crippen LogP contribution in [0.1, 0.15) is 33.1 Å². The number of rotatable bonds is 3. The van der Waals surface area contributed by atoms with Crippen LogP contribution >= 0.6 is 0 Å². The number of halogens is 1. The molecule has 0 aromatic rings. The Bertz CT molecular complexity index is 98.7. The molecule has 1 heteroatoms. The van der Waals surface area contributed by atoms with Crippen LogP contribution < -0.4 is 0 Å². The van der Waals surface area contributed by atoms with Gasteiger partial charge in [0.05, 0.1) is 6.67 Å². The summed E-state index contributed by atoms with van der Waals surface area (Å²) in [5.41, 5.74) is 0.520. The molecule has 54 valence electrons. The van der Waals surface area contributed by atoms with Crippen molar-refractivity contribution in [3.8, 4) is 0 Å². The van der Waals surface area contributed by atoms with Crippen LogP contribution in [0.15, 0.2) is 0 Å². The van der Waals surface area contributed by atoms with E-state index in [1.807, 2.05) is 0 Å². The van der Waals surface area contributed by atoms with E-state index in [9.17, 15) is 4.39 Å². The van der Waals surface area contributed by atoms with Crippen LogP contribution in [-0.2, 0) is 0 Å². The van der Waals surface area contributed by atoms with Gasteiger partial charge in [-0.3, -0.25) is 4.39 Å². The molecule has 0 N–H and O–H groups in total. The SMILES string of the molecule is CC[C@]1(C)CC1CCF. The molecule has 1 unspecified atom stereocenters. The lowest BCUT2D eigenvalue weighted by atomic mass is 10.0. The Morgan fingerprint density at radius 2 is 2.33 bits per heavy atom. The van der Waals surface area contributed by atoms with Crippen LogP contribution in [0.5, 0.6) is 0 Å². The standard InChI is InChI=1S/C8H15F/c1-3-8(2)6-7(8)4-5-9/h7H,3-6H2,1-2H3/t7?,8-/m1/s1. The van der Waals surface area contributed by atoms with Crippen molar-refractivity contribution in [1.29, 1.82) is 0 Å². The summed E-state index contributed by atoms with van der Waals surface area (Å²) < 4.78 is 11.8. The van der Waals surface area contributed by atoms with Crippen molar-refractivity contribution in [2.75, 3.05) is 6.67 Å². The topological polar surface area (TPSA) is 0 Å². The first-order chi connectivity index (χ1) is 4.23. The molecule has 0 spiro atoms. The fourth-order valence-corrected chi connectivity index (χ4v) is 1.52. The molecule has 1 saturated carbocycles. The van der Waals surface area contributed by atoms with Crippen LogP contribution in [0.3, 0.4) is 0 Å². The van der Waals surface area contributed by atoms with Gasteiger partial charge < -0.3 is 0 Å². The third-order valence-corrected chi connectivity index (χ3v) is 2.80. The molecule has 1 aliphatic carbocycles. The molecule has 2 atom stereocenters. The van der Waals surface area contributed by atoms with Gasteiger partial charge in [0.1, 0.15) is 0 Å². The zero-order valence-corrected chi connectivity index (χ0v) is 6.28. The summed E-state index contributed by atoms with van der Waals surface area (Å²) in [7, 11) is 0. The normalized spacial score (nSPS) is 41.0. The maximum atomic E-state index is 11.8. The van der Waals surface area contributed by atoms with E-state index in [0.717, 1.165) is 6.42 Å². The van der Waals surface area contributed by atoms with Crippen LogP contribution in [0.4, 0.5) is 4.39 Å². The Kier molecular flexibility index (Phi) is 1.78. The van der Waals surface area contributed by atoms with Crippen molar-refractivity contribution < 1.29 is 4.39 Å². The summed E-state index contributed by atoms with van der Waals surface area (Å²) in [6.45, 7) is 4.33. The van der Waals surface area contributed by atoms with E-state index in [1.54, 1.807) is 0 Å². The summed E-state index contributed by atoms with van der Waals surface area (Å²) in [5.74, 6) is 0.701. The van der Waals surface area contributed by atoms with Crippen LogP contribution in [0.2, 0.25) is 0 Å². The van der Waals surface area contributed by atoms with Crippen LogP contribution in [0.25, 0.3) is 0 Å². The third-order valence-electron chi connectivity index (χ3n) is 2.80. The molecule has 1 rings (SSSR count). The molecule has 0 radical (unpaired) electrons.